The summed E-state index contributed by atoms with van der Waals surface area (Å²) >= 11 is 0. The van der Waals surface area contributed by atoms with Crippen LogP contribution in [0.3, 0.4) is 0 Å². The Morgan fingerprint density at radius 1 is 1.10 bits per heavy atom. The molecule has 0 spiro atoms. The van der Waals surface area contributed by atoms with E-state index in [0.29, 0.717) is 12.4 Å². The van der Waals surface area contributed by atoms with Crippen LogP contribution in [0.15, 0.2) is 54.9 Å². The smallest absolute Gasteiger partial charge is 0.251 e. The van der Waals surface area contributed by atoms with Crippen molar-refractivity contribution < 1.29 is 8.78 Å². The van der Waals surface area contributed by atoms with Gasteiger partial charge in [0.05, 0.1) is 17.4 Å². The van der Waals surface area contributed by atoms with E-state index in [1.807, 2.05) is 49.4 Å². The van der Waals surface area contributed by atoms with Gasteiger partial charge in [0.25, 0.3) is 5.95 Å². The quantitative estimate of drug-likeness (QED) is 0.503. The number of aryl methyl sites for hydroxylation is 1. The maximum atomic E-state index is 13.1. The first-order valence-corrected chi connectivity index (χ1v) is 9.59. The van der Waals surface area contributed by atoms with Crippen molar-refractivity contribution in [2.45, 2.75) is 32.1 Å². The Hall–Kier alpha value is -3.22. The summed E-state index contributed by atoms with van der Waals surface area (Å²) in [5.74, 6) is -1.97. The van der Waals surface area contributed by atoms with Crippen LogP contribution in [0, 0.1) is 12.8 Å². The number of hydrogen-bond acceptors (Lipinski definition) is 4. The van der Waals surface area contributed by atoms with Crippen molar-refractivity contribution in [3.63, 3.8) is 0 Å². The lowest BCUT2D eigenvalue weighted by atomic mass is 9.78. The second-order valence-electron chi connectivity index (χ2n) is 7.68. The molecule has 1 saturated carbocycles. The largest absolute Gasteiger partial charge is 0.253 e. The summed E-state index contributed by atoms with van der Waals surface area (Å²) in [4.78, 5) is 13.5. The molecule has 1 aliphatic carbocycles. The highest BCUT2D eigenvalue weighted by Crippen LogP contribution is 2.43. The van der Waals surface area contributed by atoms with Crippen molar-refractivity contribution >= 4 is 10.9 Å². The summed E-state index contributed by atoms with van der Waals surface area (Å²) in [6.07, 6.45) is 4.00. The Morgan fingerprint density at radius 3 is 2.76 bits per heavy atom. The fraction of sp³-hybridized carbons (Fsp3) is 0.273. The van der Waals surface area contributed by atoms with E-state index in [-0.39, 0.29) is 18.8 Å². The highest BCUT2D eigenvalue weighted by molar-refractivity contribution is 5.84. The number of fused-ring (bicyclic) bond motifs is 1. The van der Waals surface area contributed by atoms with E-state index >= 15 is 0 Å². The van der Waals surface area contributed by atoms with E-state index in [1.54, 1.807) is 17.1 Å². The molecule has 5 nitrogen and oxygen atoms in total. The standard InChI is InChI=1S/C22H19F2N5/c1-14-7-8-25-21(27-14)29-20-10-16(5-6-17(20)13-26-29)19-4-2-3-18(28-19)9-15-11-22(23,24)12-15/h2-8,10,13,15H,9,11-12H2,1H3. The summed E-state index contributed by atoms with van der Waals surface area (Å²) < 4.78 is 27.9. The van der Waals surface area contributed by atoms with Crippen molar-refractivity contribution in [1.29, 1.82) is 0 Å². The minimum atomic E-state index is -2.50. The number of rotatable bonds is 4. The zero-order chi connectivity index (χ0) is 20.0. The van der Waals surface area contributed by atoms with E-state index in [0.717, 1.165) is 33.5 Å². The Balaban J connectivity index is 1.48. The van der Waals surface area contributed by atoms with Gasteiger partial charge in [-0.15, -0.1) is 0 Å². The van der Waals surface area contributed by atoms with Crippen LogP contribution in [-0.2, 0) is 6.42 Å². The molecular formula is C22H19F2N5. The first-order chi connectivity index (χ1) is 14.0. The van der Waals surface area contributed by atoms with Crippen LogP contribution < -0.4 is 0 Å². The third kappa shape index (κ3) is 3.48. The van der Waals surface area contributed by atoms with Gasteiger partial charge in [-0.3, -0.25) is 4.98 Å². The predicted octanol–water partition coefficient (Wildman–Crippen LogP) is 4.77. The lowest BCUT2D eigenvalue weighted by Crippen LogP contribution is -2.36. The van der Waals surface area contributed by atoms with Crippen molar-refractivity contribution in [3.8, 4) is 17.2 Å². The van der Waals surface area contributed by atoms with Crippen molar-refractivity contribution in [2.75, 3.05) is 0 Å². The van der Waals surface area contributed by atoms with Gasteiger partial charge in [-0.1, -0.05) is 18.2 Å². The summed E-state index contributed by atoms with van der Waals surface area (Å²) in [6, 6.07) is 13.6. The van der Waals surface area contributed by atoms with Gasteiger partial charge >= 0.3 is 0 Å². The van der Waals surface area contributed by atoms with Crippen molar-refractivity contribution in [2.24, 2.45) is 5.92 Å². The number of halogens is 2. The Bertz CT molecular complexity index is 1190. The molecule has 146 valence electrons. The van der Waals surface area contributed by atoms with E-state index in [1.165, 1.54) is 0 Å². The Labute approximate surface area is 166 Å². The van der Waals surface area contributed by atoms with Gasteiger partial charge in [-0.25, -0.2) is 18.7 Å². The van der Waals surface area contributed by atoms with Crippen LogP contribution in [0.25, 0.3) is 28.1 Å². The van der Waals surface area contributed by atoms with E-state index < -0.39 is 5.92 Å². The van der Waals surface area contributed by atoms with Gasteiger partial charge in [0, 0.05) is 41.4 Å². The van der Waals surface area contributed by atoms with Gasteiger partial charge in [0.2, 0.25) is 5.92 Å². The van der Waals surface area contributed by atoms with Crippen LogP contribution in [-0.4, -0.2) is 30.7 Å². The molecule has 0 saturated heterocycles. The molecular weight excluding hydrogens is 372 g/mol. The Morgan fingerprint density at radius 2 is 1.97 bits per heavy atom. The summed E-state index contributed by atoms with van der Waals surface area (Å²) in [7, 11) is 0. The zero-order valence-corrected chi connectivity index (χ0v) is 15.9. The highest BCUT2D eigenvalue weighted by Gasteiger charge is 2.45. The van der Waals surface area contributed by atoms with Crippen LogP contribution >= 0.6 is 0 Å². The second-order valence-corrected chi connectivity index (χ2v) is 7.68. The molecule has 0 radical (unpaired) electrons. The summed E-state index contributed by atoms with van der Waals surface area (Å²) in [5, 5.41) is 5.41. The van der Waals surface area contributed by atoms with E-state index in [2.05, 4.69) is 15.1 Å². The SMILES string of the molecule is Cc1ccnc(-n2ncc3ccc(-c4cccc(CC5CC(F)(F)C5)n4)cc32)n1. The molecule has 0 aliphatic heterocycles. The van der Waals surface area contributed by atoms with Crippen LogP contribution in [0.5, 0.6) is 0 Å². The number of pyridine rings is 1. The molecule has 0 bridgehead atoms. The molecule has 1 aliphatic rings. The highest BCUT2D eigenvalue weighted by atomic mass is 19.3. The summed E-state index contributed by atoms with van der Waals surface area (Å²) in [6.45, 7) is 1.91. The molecule has 1 aromatic carbocycles. The van der Waals surface area contributed by atoms with E-state index in [4.69, 9.17) is 4.98 Å². The van der Waals surface area contributed by atoms with Crippen LogP contribution in [0.2, 0.25) is 0 Å². The average molecular weight is 391 g/mol. The maximum Gasteiger partial charge on any atom is 0.251 e. The minimum absolute atomic E-state index is 0.00938. The third-order valence-electron chi connectivity index (χ3n) is 5.32. The normalized spacial score (nSPS) is 16.1. The molecule has 7 heteroatoms. The number of hydrogen-bond donors (Lipinski definition) is 0. The molecule has 3 heterocycles. The second kappa shape index (κ2) is 6.69. The predicted molar refractivity (Wildman–Crippen MR) is 106 cm³/mol. The molecule has 1 fully saturated rings. The van der Waals surface area contributed by atoms with E-state index in [9.17, 15) is 8.78 Å². The van der Waals surface area contributed by atoms with Gasteiger partial charge in [0.1, 0.15) is 0 Å². The number of nitrogens with zero attached hydrogens (tertiary/aromatic N) is 5. The number of alkyl halides is 2. The molecule has 29 heavy (non-hydrogen) atoms. The fourth-order valence-corrected chi connectivity index (χ4v) is 3.85. The zero-order valence-electron chi connectivity index (χ0n) is 15.9. The third-order valence-corrected chi connectivity index (χ3v) is 5.32. The molecule has 4 aromatic rings. The Kier molecular flexibility index (Phi) is 4.12. The molecule has 0 atom stereocenters. The minimum Gasteiger partial charge on any atom is -0.253 e. The van der Waals surface area contributed by atoms with Crippen LogP contribution in [0.4, 0.5) is 8.78 Å². The van der Waals surface area contributed by atoms with Crippen LogP contribution in [0.1, 0.15) is 24.2 Å². The molecule has 0 unspecified atom stereocenters. The lowest BCUT2D eigenvalue weighted by Gasteiger charge is -2.34. The van der Waals surface area contributed by atoms with Gasteiger partial charge in [0.15, 0.2) is 0 Å². The first kappa shape index (κ1) is 17.8. The van der Waals surface area contributed by atoms with Gasteiger partial charge in [-0.2, -0.15) is 9.78 Å². The number of aromatic nitrogens is 5. The van der Waals surface area contributed by atoms with Gasteiger partial charge in [-0.05, 0) is 43.5 Å². The lowest BCUT2D eigenvalue weighted by molar-refractivity contribution is -0.109. The molecule has 0 amide bonds. The summed E-state index contributed by atoms with van der Waals surface area (Å²) in [5.41, 5.74) is 4.35. The first-order valence-electron chi connectivity index (χ1n) is 9.59. The average Bonchev–Trinajstić information content (AvgIpc) is 3.10. The molecule has 5 rings (SSSR count). The van der Waals surface area contributed by atoms with Gasteiger partial charge < -0.3 is 0 Å². The fourth-order valence-electron chi connectivity index (χ4n) is 3.85. The molecule has 3 aromatic heterocycles. The van der Waals surface area contributed by atoms with Crippen molar-refractivity contribution in [3.05, 3.63) is 66.2 Å². The topological polar surface area (TPSA) is 56.5 Å². The monoisotopic (exact) mass is 391 g/mol. The maximum absolute atomic E-state index is 13.1. The molecule has 0 N–H and O–H groups in total. The van der Waals surface area contributed by atoms with Crippen molar-refractivity contribution in [1.82, 2.24) is 24.7 Å². The number of benzene rings is 1.